The van der Waals surface area contributed by atoms with Gasteiger partial charge in [-0.15, -0.1) is 0 Å². The van der Waals surface area contributed by atoms with Crippen LogP contribution < -0.4 is 5.73 Å². The van der Waals surface area contributed by atoms with E-state index < -0.39 is 6.10 Å². The average Bonchev–Trinajstić information content (AvgIpc) is 2.91. The van der Waals surface area contributed by atoms with Gasteiger partial charge < -0.3 is 20.0 Å². The molecule has 102 valence electrons. The Morgan fingerprint density at radius 1 is 1.42 bits per heavy atom. The molecular formula is C14H19N3O2. The number of imidazole rings is 1. The Hall–Kier alpha value is -1.43. The summed E-state index contributed by atoms with van der Waals surface area (Å²) in [4.78, 5) is 4.50. The third-order valence-corrected chi connectivity index (χ3v) is 4.14. The number of ether oxygens (including phenoxy) is 1. The van der Waals surface area contributed by atoms with Crippen LogP contribution >= 0.6 is 0 Å². The van der Waals surface area contributed by atoms with Gasteiger partial charge in [0.05, 0.1) is 5.69 Å². The fraction of sp³-hybridized carbons (Fsp3) is 0.500. The van der Waals surface area contributed by atoms with Gasteiger partial charge in [-0.3, -0.25) is 0 Å². The van der Waals surface area contributed by atoms with Gasteiger partial charge in [0.15, 0.2) is 0 Å². The van der Waals surface area contributed by atoms with Crippen LogP contribution in [-0.2, 0) is 4.74 Å². The first-order valence-electron chi connectivity index (χ1n) is 6.65. The molecule has 2 aromatic heterocycles. The minimum atomic E-state index is -0.638. The molecule has 1 aliphatic heterocycles. The number of aliphatic hydroxyl groups is 1. The zero-order valence-corrected chi connectivity index (χ0v) is 10.8. The van der Waals surface area contributed by atoms with Crippen LogP contribution in [0.1, 0.15) is 24.6 Å². The van der Waals surface area contributed by atoms with Crippen LogP contribution in [0.3, 0.4) is 0 Å². The Bertz CT molecular complexity index is 528. The molecule has 3 heterocycles. The molecule has 1 saturated heterocycles. The third-order valence-electron chi connectivity index (χ3n) is 4.14. The first-order chi connectivity index (χ1) is 9.25. The second-order valence-electron chi connectivity index (χ2n) is 5.21. The maximum absolute atomic E-state index is 10.7. The molecule has 0 saturated carbocycles. The highest BCUT2D eigenvalue weighted by atomic mass is 16.5. The number of hydrogen-bond donors (Lipinski definition) is 2. The molecule has 2 aromatic rings. The number of nitrogens with zero attached hydrogens (tertiary/aromatic N) is 2. The largest absolute Gasteiger partial charge is 0.386 e. The SMILES string of the molecule is NCC1(C(O)c2cn3ccccc3n2)CCOCC1. The van der Waals surface area contributed by atoms with E-state index >= 15 is 0 Å². The number of pyridine rings is 1. The van der Waals surface area contributed by atoms with Crippen molar-refractivity contribution in [1.82, 2.24) is 9.38 Å². The highest BCUT2D eigenvalue weighted by molar-refractivity contribution is 5.40. The lowest BCUT2D eigenvalue weighted by molar-refractivity contribution is -0.0595. The molecule has 5 heteroatoms. The minimum absolute atomic E-state index is 0.309. The highest BCUT2D eigenvalue weighted by Crippen LogP contribution is 2.41. The summed E-state index contributed by atoms with van der Waals surface area (Å²) in [6.45, 7) is 1.76. The molecule has 1 fully saturated rings. The van der Waals surface area contributed by atoms with Gasteiger partial charge in [-0.25, -0.2) is 4.98 Å². The highest BCUT2D eigenvalue weighted by Gasteiger charge is 2.40. The van der Waals surface area contributed by atoms with Crippen LogP contribution in [0.15, 0.2) is 30.6 Å². The summed E-state index contributed by atoms with van der Waals surface area (Å²) in [5.41, 5.74) is 7.15. The molecule has 19 heavy (non-hydrogen) atoms. The van der Waals surface area contributed by atoms with Gasteiger partial charge >= 0.3 is 0 Å². The first-order valence-corrected chi connectivity index (χ1v) is 6.65. The number of aliphatic hydroxyl groups excluding tert-OH is 1. The fourth-order valence-electron chi connectivity index (χ4n) is 2.77. The van der Waals surface area contributed by atoms with Crippen LogP contribution in [0.5, 0.6) is 0 Å². The molecule has 0 radical (unpaired) electrons. The number of fused-ring (bicyclic) bond motifs is 1. The van der Waals surface area contributed by atoms with Crippen molar-refractivity contribution in [3.05, 3.63) is 36.3 Å². The molecule has 3 N–H and O–H groups in total. The van der Waals surface area contributed by atoms with Gasteiger partial charge in [0, 0.05) is 37.6 Å². The van der Waals surface area contributed by atoms with Crippen LogP contribution in [0.2, 0.25) is 0 Å². The first kappa shape index (κ1) is 12.6. The van der Waals surface area contributed by atoms with Crippen molar-refractivity contribution in [2.24, 2.45) is 11.1 Å². The van der Waals surface area contributed by atoms with Crippen LogP contribution in [0, 0.1) is 5.41 Å². The zero-order chi connectivity index (χ0) is 13.3. The summed E-state index contributed by atoms with van der Waals surface area (Å²) in [6.07, 6.45) is 4.73. The second-order valence-corrected chi connectivity index (χ2v) is 5.21. The molecule has 3 rings (SSSR count). The molecule has 5 nitrogen and oxygen atoms in total. The molecule has 0 amide bonds. The van der Waals surface area contributed by atoms with Crippen molar-refractivity contribution < 1.29 is 9.84 Å². The number of rotatable bonds is 3. The number of hydrogen-bond acceptors (Lipinski definition) is 4. The van der Waals surface area contributed by atoms with Crippen molar-refractivity contribution >= 4 is 5.65 Å². The van der Waals surface area contributed by atoms with E-state index in [4.69, 9.17) is 10.5 Å². The average molecular weight is 261 g/mol. The summed E-state index contributed by atoms with van der Waals surface area (Å²) < 4.78 is 7.30. The topological polar surface area (TPSA) is 72.8 Å². The lowest BCUT2D eigenvalue weighted by Crippen LogP contribution is -2.41. The van der Waals surface area contributed by atoms with Crippen molar-refractivity contribution in [2.75, 3.05) is 19.8 Å². The molecule has 1 atom stereocenters. The summed E-state index contributed by atoms with van der Waals surface area (Å²) in [5, 5.41) is 10.7. The van der Waals surface area contributed by atoms with Crippen molar-refractivity contribution in [2.45, 2.75) is 18.9 Å². The van der Waals surface area contributed by atoms with E-state index in [9.17, 15) is 5.11 Å². The minimum Gasteiger partial charge on any atom is -0.386 e. The number of aromatic nitrogens is 2. The molecule has 0 bridgehead atoms. The van der Waals surface area contributed by atoms with Gasteiger partial charge in [0.2, 0.25) is 0 Å². The monoisotopic (exact) mass is 261 g/mol. The van der Waals surface area contributed by atoms with Gasteiger partial charge in [-0.2, -0.15) is 0 Å². The van der Waals surface area contributed by atoms with E-state index in [1.165, 1.54) is 0 Å². The Morgan fingerprint density at radius 2 is 2.21 bits per heavy atom. The molecule has 0 aliphatic carbocycles. The summed E-state index contributed by atoms with van der Waals surface area (Å²) in [7, 11) is 0. The van der Waals surface area contributed by atoms with E-state index in [1.54, 1.807) is 0 Å². The summed E-state index contributed by atoms with van der Waals surface area (Å²) >= 11 is 0. The van der Waals surface area contributed by atoms with Gasteiger partial charge in [-0.05, 0) is 25.0 Å². The van der Waals surface area contributed by atoms with Crippen LogP contribution in [0.25, 0.3) is 5.65 Å². The molecule has 0 spiro atoms. The van der Waals surface area contributed by atoms with E-state index in [0.717, 1.165) is 18.5 Å². The lowest BCUT2D eigenvalue weighted by Gasteiger charge is -2.39. The van der Waals surface area contributed by atoms with Crippen LogP contribution in [0.4, 0.5) is 0 Å². The fourth-order valence-corrected chi connectivity index (χ4v) is 2.77. The smallest absolute Gasteiger partial charge is 0.137 e. The van der Waals surface area contributed by atoms with E-state index in [2.05, 4.69) is 4.98 Å². The molecule has 0 aromatic carbocycles. The molecule has 1 aliphatic rings. The Labute approximate surface area is 112 Å². The van der Waals surface area contributed by atoms with Gasteiger partial charge in [0.1, 0.15) is 11.8 Å². The third kappa shape index (κ3) is 2.14. The maximum Gasteiger partial charge on any atom is 0.137 e. The van der Waals surface area contributed by atoms with Crippen molar-refractivity contribution in [3.63, 3.8) is 0 Å². The predicted molar refractivity (Wildman–Crippen MR) is 71.7 cm³/mol. The quantitative estimate of drug-likeness (QED) is 0.868. The van der Waals surface area contributed by atoms with Crippen LogP contribution in [-0.4, -0.2) is 34.2 Å². The van der Waals surface area contributed by atoms with E-state index in [1.807, 2.05) is 35.0 Å². The Kier molecular flexibility index (Phi) is 3.26. The number of nitrogens with two attached hydrogens (primary N) is 1. The predicted octanol–water partition coefficient (Wildman–Crippen LogP) is 1.12. The normalized spacial score (nSPS) is 20.5. The van der Waals surface area contributed by atoms with E-state index in [-0.39, 0.29) is 5.41 Å². The Balaban J connectivity index is 1.95. The Morgan fingerprint density at radius 3 is 2.89 bits per heavy atom. The molecule has 1 unspecified atom stereocenters. The second kappa shape index (κ2) is 4.92. The summed E-state index contributed by atoms with van der Waals surface area (Å²) in [5.74, 6) is 0. The van der Waals surface area contributed by atoms with Crippen molar-refractivity contribution in [1.29, 1.82) is 0 Å². The lowest BCUT2D eigenvalue weighted by atomic mass is 9.74. The van der Waals surface area contributed by atoms with E-state index in [0.29, 0.717) is 25.5 Å². The standard InChI is InChI=1S/C14H19N3O2/c15-10-14(4-7-19-8-5-14)13(18)11-9-17-6-2-1-3-12(17)16-11/h1-3,6,9,13,18H,4-5,7-8,10,15H2. The summed E-state index contributed by atoms with van der Waals surface area (Å²) in [6, 6.07) is 5.80. The van der Waals surface area contributed by atoms with Crippen molar-refractivity contribution in [3.8, 4) is 0 Å². The maximum atomic E-state index is 10.7. The zero-order valence-electron chi connectivity index (χ0n) is 10.8. The van der Waals surface area contributed by atoms with Gasteiger partial charge in [0.25, 0.3) is 0 Å². The molecular weight excluding hydrogens is 242 g/mol. The van der Waals surface area contributed by atoms with Gasteiger partial charge in [-0.1, -0.05) is 6.07 Å².